The molecule has 0 fully saturated rings. The van der Waals surface area contributed by atoms with Crippen molar-refractivity contribution in [1.29, 1.82) is 0 Å². The molecule has 0 radical (unpaired) electrons. The van der Waals surface area contributed by atoms with Crippen LogP contribution in [0.25, 0.3) is 0 Å². The number of nitrogens with zero attached hydrogens (tertiary/aromatic N) is 1. The first kappa shape index (κ1) is 15.4. The zero-order valence-electron chi connectivity index (χ0n) is 12.5. The summed E-state index contributed by atoms with van der Waals surface area (Å²) >= 11 is 2.45. The molecule has 17 heavy (non-hydrogen) atoms. The van der Waals surface area contributed by atoms with Gasteiger partial charge in [0.2, 0.25) is 0 Å². The standard InChI is InChI=1S/C14H27NSi.Ti/c1-8-12-10-13(9-11(12)2)15(16(6)7)14(3,4)5;/h10,16H,8-9H2,1-7H3;/q;+1. The van der Waals surface area contributed by atoms with Crippen molar-refractivity contribution in [2.75, 3.05) is 0 Å². The molecule has 0 aliphatic heterocycles. The van der Waals surface area contributed by atoms with Crippen LogP contribution in [0.1, 0.15) is 47.5 Å². The molecule has 0 heterocycles. The molecular weight excluding hydrogens is 258 g/mol. The van der Waals surface area contributed by atoms with Gasteiger partial charge in [0.1, 0.15) is 0 Å². The molecule has 0 saturated carbocycles. The first-order chi connectivity index (χ1) is 7.64. The van der Waals surface area contributed by atoms with Crippen LogP contribution in [0.2, 0.25) is 13.1 Å². The van der Waals surface area contributed by atoms with Crippen LogP contribution in [-0.4, -0.2) is 17.1 Å². The zero-order chi connectivity index (χ0) is 13.4. The number of quaternary nitrogens is 1. The van der Waals surface area contributed by atoms with Crippen molar-refractivity contribution in [1.82, 2.24) is 0 Å². The van der Waals surface area contributed by atoms with Crippen LogP contribution in [0.15, 0.2) is 22.9 Å². The molecule has 1 atom stereocenters. The monoisotopic (exact) mass is 285 g/mol. The molecule has 0 N–H and O–H groups in total. The van der Waals surface area contributed by atoms with Crippen molar-refractivity contribution >= 4 is 8.96 Å². The fraction of sp³-hybridized carbons (Fsp3) is 0.714. The van der Waals surface area contributed by atoms with E-state index < -0.39 is 8.96 Å². The van der Waals surface area contributed by atoms with Gasteiger partial charge in [0, 0.05) is 0 Å². The van der Waals surface area contributed by atoms with E-state index in [0.717, 1.165) is 0 Å². The molecule has 1 unspecified atom stereocenters. The average Bonchev–Trinajstić information content (AvgIpc) is 2.56. The van der Waals surface area contributed by atoms with Gasteiger partial charge >= 0.3 is 121 Å². The second-order valence-corrected chi connectivity index (χ2v) is 11.3. The summed E-state index contributed by atoms with van der Waals surface area (Å²) in [4.78, 5) is 0. The van der Waals surface area contributed by atoms with Crippen LogP contribution in [0, 0.1) is 0 Å². The first-order valence-electron chi connectivity index (χ1n) is 6.68. The van der Waals surface area contributed by atoms with Crippen LogP contribution in [0.3, 0.4) is 0 Å². The zero-order valence-corrected chi connectivity index (χ0v) is 15.2. The van der Waals surface area contributed by atoms with Crippen molar-refractivity contribution < 1.29 is 23.3 Å². The molecule has 0 spiro atoms. The summed E-state index contributed by atoms with van der Waals surface area (Å²) in [5.41, 5.74) is 5.12. The number of hydrogen-bond donors (Lipinski definition) is 0. The van der Waals surface area contributed by atoms with Gasteiger partial charge in [-0.3, -0.25) is 0 Å². The van der Waals surface area contributed by atoms with Gasteiger partial charge < -0.3 is 0 Å². The van der Waals surface area contributed by atoms with Gasteiger partial charge in [-0.1, -0.05) is 0 Å². The minimum absolute atomic E-state index is 0.315. The van der Waals surface area contributed by atoms with Gasteiger partial charge in [-0.05, 0) is 0 Å². The van der Waals surface area contributed by atoms with Crippen molar-refractivity contribution in [3.05, 3.63) is 22.9 Å². The molecule has 0 saturated heterocycles. The van der Waals surface area contributed by atoms with E-state index >= 15 is 0 Å². The summed E-state index contributed by atoms with van der Waals surface area (Å²) in [6.45, 7) is 16.7. The third-order valence-electron chi connectivity index (χ3n) is 4.00. The summed E-state index contributed by atoms with van der Waals surface area (Å²) in [6.07, 6.45) is 4.87. The second-order valence-electron chi connectivity index (χ2n) is 6.46. The molecule has 0 aromatic heterocycles. The van der Waals surface area contributed by atoms with E-state index in [1.807, 2.05) is 0 Å². The molecule has 1 nitrogen and oxygen atoms in total. The molecule has 0 aromatic carbocycles. The summed E-state index contributed by atoms with van der Waals surface area (Å²) in [5.74, 6) is 0. The summed E-state index contributed by atoms with van der Waals surface area (Å²) < 4.78 is 1.19. The van der Waals surface area contributed by atoms with Gasteiger partial charge in [0.05, 0.1) is 0 Å². The van der Waals surface area contributed by atoms with Crippen molar-refractivity contribution in [3.63, 3.8) is 0 Å². The SMILES string of the molecule is CCC1=C(C)CC([N+]([Ti])([SiH](C)C)C(C)(C)C)=C1. The Morgan fingerprint density at radius 1 is 1.35 bits per heavy atom. The average molecular weight is 285 g/mol. The topological polar surface area (TPSA) is 0 Å². The van der Waals surface area contributed by atoms with Crippen molar-refractivity contribution in [2.45, 2.75) is 66.1 Å². The molecule has 1 aliphatic rings. The van der Waals surface area contributed by atoms with E-state index in [4.69, 9.17) is 0 Å². The molecule has 1 rings (SSSR count). The second kappa shape index (κ2) is 5.16. The predicted molar refractivity (Wildman–Crippen MR) is 74.6 cm³/mol. The fourth-order valence-electron chi connectivity index (χ4n) is 2.93. The van der Waals surface area contributed by atoms with Gasteiger partial charge in [-0.25, -0.2) is 0 Å². The van der Waals surface area contributed by atoms with E-state index in [2.05, 4.69) is 74.5 Å². The summed E-state index contributed by atoms with van der Waals surface area (Å²) in [5, 5.41) is 0. The van der Waals surface area contributed by atoms with Gasteiger partial charge in [-0.2, -0.15) is 0 Å². The maximum atomic E-state index is 2.49. The van der Waals surface area contributed by atoms with Gasteiger partial charge in [0.25, 0.3) is 0 Å². The Morgan fingerprint density at radius 2 is 1.88 bits per heavy atom. The van der Waals surface area contributed by atoms with Gasteiger partial charge in [-0.15, -0.1) is 0 Å². The minimum atomic E-state index is -0.802. The Balaban J connectivity index is 3.15. The Morgan fingerprint density at radius 3 is 2.18 bits per heavy atom. The van der Waals surface area contributed by atoms with Crippen LogP contribution in [0.5, 0.6) is 0 Å². The summed E-state index contributed by atoms with van der Waals surface area (Å²) in [6, 6.07) is 0. The Labute approximate surface area is 121 Å². The van der Waals surface area contributed by atoms with Crippen molar-refractivity contribution in [2.24, 2.45) is 0 Å². The van der Waals surface area contributed by atoms with Crippen LogP contribution >= 0.6 is 0 Å². The Hall–Kier alpha value is 0.371. The number of allylic oxidation sites excluding steroid dienone is 3. The number of hydrogen-bond acceptors (Lipinski definition) is 0. The van der Waals surface area contributed by atoms with E-state index in [0.29, 0.717) is 5.54 Å². The van der Waals surface area contributed by atoms with Crippen LogP contribution in [-0.2, 0) is 20.7 Å². The van der Waals surface area contributed by atoms with E-state index in [1.165, 1.54) is 15.5 Å². The Kier molecular flexibility index (Phi) is 4.69. The van der Waals surface area contributed by atoms with E-state index in [1.54, 1.807) is 16.8 Å². The van der Waals surface area contributed by atoms with Crippen LogP contribution < -0.4 is 0 Å². The molecule has 95 valence electrons. The van der Waals surface area contributed by atoms with Crippen molar-refractivity contribution in [3.8, 4) is 0 Å². The molecule has 0 bridgehead atoms. The van der Waals surface area contributed by atoms with Crippen LogP contribution in [0.4, 0.5) is 0 Å². The third-order valence-corrected chi connectivity index (χ3v) is 10.6. The van der Waals surface area contributed by atoms with Gasteiger partial charge in [0.15, 0.2) is 0 Å². The summed E-state index contributed by atoms with van der Waals surface area (Å²) in [7, 11) is -0.802. The fourth-order valence-corrected chi connectivity index (χ4v) is 5.53. The molecule has 0 aromatic rings. The third kappa shape index (κ3) is 2.70. The maximum absolute atomic E-state index is 2.49. The molecule has 1 aliphatic carbocycles. The van der Waals surface area contributed by atoms with E-state index in [-0.39, 0.29) is 0 Å². The molecule has 0 amide bonds. The molecular formula is C14H27NSiTi+. The first-order valence-corrected chi connectivity index (χ1v) is 10.2. The number of rotatable bonds is 3. The molecule has 3 heteroatoms. The predicted octanol–water partition coefficient (Wildman–Crippen LogP) is 4.06. The quantitative estimate of drug-likeness (QED) is 0.686. The van der Waals surface area contributed by atoms with E-state index in [9.17, 15) is 0 Å². The Bertz CT molecular complexity index is 363. The normalized spacial score (nSPS) is 20.8.